The molecule has 0 bridgehead atoms. The van der Waals surface area contributed by atoms with E-state index >= 15 is 0 Å². The highest BCUT2D eigenvalue weighted by Crippen LogP contribution is 2.45. The highest BCUT2D eigenvalue weighted by Gasteiger charge is 2.36. The molecule has 0 aliphatic heterocycles. The predicted molar refractivity (Wildman–Crippen MR) is 65.4 cm³/mol. The number of aromatic nitrogens is 1. The van der Waals surface area contributed by atoms with Crippen molar-refractivity contribution >= 4 is 26.7 Å². The van der Waals surface area contributed by atoms with E-state index < -0.39 is 0 Å². The molecule has 0 radical (unpaired) electrons. The van der Waals surface area contributed by atoms with Gasteiger partial charge in [0.2, 0.25) is 0 Å². The molecule has 16 heavy (non-hydrogen) atoms. The minimum atomic E-state index is -0.224. The number of hydrogen-bond acceptors (Lipinski definition) is 3. The molecule has 1 aromatic carbocycles. The third-order valence-corrected chi connectivity index (χ3v) is 4.11. The lowest BCUT2D eigenvalue weighted by molar-refractivity contribution is 0.610. The van der Waals surface area contributed by atoms with Crippen molar-refractivity contribution in [2.24, 2.45) is 5.41 Å². The fraction of sp³-hybridized carbons (Fsp3) is 0.417. The number of fused-ring (bicyclic) bond motifs is 1. The molecule has 0 unspecified atom stereocenters. The summed E-state index contributed by atoms with van der Waals surface area (Å²) >= 11 is 1.59. The second kappa shape index (κ2) is 3.42. The lowest BCUT2D eigenvalue weighted by Crippen LogP contribution is -2.11. The summed E-state index contributed by atoms with van der Waals surface area (Å²) in [6.07, 6.45) is 2.58. The summed E-state index contributed by atoms with van der Waals surface area (Å²) in [6.45, 7) is 3.24. The van der Waals surface area contributed by atoms with E-state index in [0.717, 1.165) is 21.9 Å². The van der Waals surface area contributed by atoms with Gasteiger partial charge in [0.05, 0.1) is 10.2 Å². The first-order chi connectivity index (χ1) is 7.65. The van der Waals surface area contributed by atoms with Gasteiger partial charge in [-0.2, -0.15) is 0 Å². The van der Waals surface area contributed by atoms with Gasteiger partial charge in [-0.15, -0.1) is 0 Å². The number of benzene rings is 1. The summed E-state index contributed by atoms with van der Waals surface area (Å²) in [5, 5.41) is 4.24. The maximum Gasteiger partial charge on any atom is 0.183 e. The quantitative estimate of drug-likeness (QED) is 0.880. The molecule has 0 spiro atoms. The first-order valence-electron chi connectivity index (χ1n) is 5.45. The molecule has 1 heterocycles. The molecule has 4 heteroatoms. The third kappa shape index (κ3) is 1.89. The van der Waals surface area contributed by atoms with Crippen LogP contribution < -0.4 is 5.32 Å². The Balaban J connectivity index is 1.82. The van der Waals surface area contributed by atoms with Gasteiger partial charge < -0.3 is 5.32 Å². The van der Waals surface area contributed by atoms with E-state index in [-0.39, 0.29) is 5.82 Å². The zero-order valence-corrected chi connectivity index (χ0v) is 9.90. The fourth-order valence-corrected chi connectivity index (χ4v) is 2.50. The molecule has 0 saturated heterocycles. The molecule has 0 atom stereocenters. The van der Waals surface area contributed by atoms with Gasteiger partial charge in [-0.1, -0.05) is 18.3 Å². The molecule has 1 aliphatic rings. The standard InChI is InChI=1S/C12H13FN2S/c1-12(4-5-12)7-14-11-15-9-6-8(13)2-3-10(9)16-11/h2-3,6H,4-5,7H2,1H3,(H,14,15). The number of halogens is 1. The molecule has 1 N–H and O–H groups in total. The largest absolute Gasteiger partial charge is 0.361 e. The fourth-order valence-electron chi connectivity index (χ4n) is 1.66. The Hall–Kier alpha value is -1.16. The smallest absolute Gasteiger partial charge is 0.183 e. The van der Waals surface area contributed by atoms with Crippen molar-refractivity contribution in [3.63, 3.8) is 0 Å². The summed E-state index contributed by atoms with van der Waals surface area (Å²) in [6, 6.07) is 4.74. The zero-order valence-electron chi connectivity index (χ0n) is 9.09. The first-order valence-corrected chi connectivity index (χ1v) is 6.26. The van der Waals surface area contributed by atoms with Crippen LogP contribution >= 0.6 is 11.3 Å². The predicted octanol–water partition coefficient (Wildman–Crippen LogP) is 3.65. The maximum absolute atomic E-state index is 13.0. The van der Waals surface area contributed by atoms with Crippen LogP contribution in [0.2, 0.25) is 0 Å². The van der Waals surface area contributed by atoms with Crippen LogP contribution in [-0.4, -0.2) is 11.5 Å². The van der Waals surface area contributed by atoms with Gasteiger partial charge in [0.1, 0.15) is 5.82 Å². The number of hydrogen-bond donors (Lipinski definition) is 1. The molecular weight excluding hydrogens is 223 g/mol. The molecule has 3 rings (SSSR count). The Bertz CT molecular complexity index is 531. The van der Waals surface area contributed by atoms with Gasteiger partial charge in [-0.3, -0.25) is 0 Å². The summed E-state index contributed by atoms with van der Waals surface area (Å²) in [4.78, 5) is 4.37. The van der Waals surface area contributed by atoms with E-state index in [1.54, 1.807) is 17.4 Å². The van der Waals surface area contributed by atoms with E-state index in [1.807, 2.05) is 0 Å². The van der Waals surface area contributed by atoms with Crippen LogP contribution in [0, 0.1) is 11.2 Å². The molecular formula is C12H13FN2S. The highest BCUT2D eigenvalue weighted by atomic mass is 32.1. The Morgan fingerprint density at radius 2 is 2.31 bits per heavy atom. The monoisotopic (exact) mass is 236 g/mol. The minimum Gasteiger partial charge on any atom is -0.361 e. The van der Waals surface area contributed by atoms with Gasteiger partial charge in [0.15, 0.2) is 5.13 Å². The van der Waals surface area contributed by atoms with Gasteiger partial charge in [-0.25, -0.2) is 9.37 Å². The molecule has 0 amide bonds. The molecule has 2 nitrogen and oxygen atoms in total. The van der Waals surface area contributed by atoms with Crippen LogP contribution in [-0.2, 0) is 0 Å². The van der Waals surface area contributed by atoms with Crippen molar-refractivity contribution < 1.29 is 4.39 Å². The van der Waals surface area contributed by atoms with Gasteiger partial charge in [0, 0.05) is 12.6 Å². The summed E-state index contributed by atoms with van der Waals surface area (Å²) in [7, 11) is 0. The summed E-state index contributed by atoms with van der Waals surface area (Å²) in [5.74, 6) is -0.224. The maximum atomic E-state index is 13.0. The Labute approximate surface area is 97.5 Å². The number of nitrogens with one attached hydrogen (secondary N) is 1. The topological polar surface area (TPSA) is 24.9 Å². The SMILES string of the molecule is CC1(CNc2nc3cc(F)ccc3s2)CC1. The third-order valence-electron chi connectivity index (χ3n) is 3.12. The van der Waals surface area contributed by atoms with Crippen LogP contribution in [0.3, 0.4) is 0 Å². The molecule has 84 valence electrons. The van der Waals surface area contributed by atoms with Crippen molar-refractivity contribution in [2.75, 3.05) is 11.9 Å². The molecule has 2 aromatic rings. The minimum absolute atomic E-state index is 0.224. The van der Waals surface area contributed by atoms with Gasteiger partial charge in [-0.05, 0) is 30.4 Å². The molecule has 1 aliphatic carbocycles. The van der Waals surface area contributed by atoms with Crippen LogP contribution in [0.25, 0.3) is 10.2 Å². The zero-order chi connectivity index (χ0) is 11.2. The Kier molecular flexibility index (Phi) is 2.14. The van der Waals surface area contributed by atoms with Crippen LogP contribution in [0.5, 0.6) is 0 Å². The average Bonchev–Trinajstić information content (AvgIpc) is 2.85. The van der Waals surface area contributed by atoms with Crippen molar-refractivity contribution in [2.45, 2.75) is 19.8 Å². The van der Waals surface area contributed by atoms with Crippen molar-refractivity contribution in [3.05, 3.63) is 24.0 Å². The highest BCUT2D eigenvalue weighted by molar-refractivity contribution is 7.22. The number of anilines is 1. The van der Waals surface area contributed by atoms with E-state index in [2.05, 4.69) is 17.2 Å². The van der Waals surface area contributed by atoms with E-state index in [9.17, 15) is 4.39 Å². The molecule has 1 aromatic heterocycles. The normalized spacial score (nSPS) is 17.6. The van der Waals surface area contributed by atoms with Crippen molar-refractivity contribution in [3.8, 4) is 0 Å². The number of thiazole rings is 1. The molecule has 1 fully saturated rings. The number of nitrogens with zero attached hydrogens (tertiary/aromatic N) is 1. The summed E-state index contributed by atoms with van der Waals surface area (Å²) in [5.41, 5.74) is 1.21. The molecule has 1 saturated carbocycles. The Morgan fingerprint density at radius 3 is 3.06 bits per heavy atom. The second-order valence-electron chi connectivity index (χ2n) is 4.80. The lowest BCUT2D eigenvalue weighted by atomic mass is 10.1. The van der Waals surface area contributed by atoms with Gasteiger partial charge in [0.25, 0.3) is 0 Å². The first kappa shape index (κ1) is 10.0. The van der Waals surface area contributed by atoms with E-state index in [4.69, 9.17) is 0 Å². The lowest BCUT2D eigenvalue weighted by Gasteiger charge is -2.07. The van der Waals surface area contributed by atoms with Crippen molar-refractivity contribution in [1.82, 2.24) is 4.98 Å². The Morgan fingerprint density at radius 1 is 1.50 bits per heavy atom. The summed E-state index contributed by atoms with van der Waals surface area (Å²) < 4.78 is 14.0. The number of rotatable bonds is 3. The van der Waals surface area contributed by atoms with E-state index in [0.29, 0.717) is 5.41 Å². The second-order valence-corrected chi connectivity index (χ2v) is 5.83. The van der Waals surface area contributed by atoms with Gasteiger partial charge >= 0.3 is 0 Å². The van der Waals surface area contributed by atoms with Crippen LogP contribution in [0.15, 0.2) is 18.2 Å². The van der Waals surface area contributed by atoms with Crippen molar-refractivity contribution in [1.29, 1.82) is 0 Å². The van der Waals surface area contributed by atoms with Crippen LogP contribution in [0.4, 0.5) is 9.52 Å². The van der Waals surface area contributed by atoms with E-state index in [1.165, 1.54) is 25.0 Å². The van der Waals surface area contributed by atoms with Crippen LogP contribution in [0.1, 0.15) is 19.8 Å². The average molecular weight is 236 g/mol.